The smallest absolute Gasteiger partial charge is 0.123 e. The SMILES string of the molecule is CCCCCN(CC(N)c1ccccc1OC)C(C)C. The number of rotatable bonds is 9. The monoisotopic (exact) mass is 278 g/mol. The molecule has 20 heavy (non-hydrogen) atoms. The van der Waals surface area contributed by atoms with Gasteiger partial charge in [0.1, 0.15) is 5.75 Å². The van der Waals surface area contributed by atoms with Gasteiger partial charge >= 0.3 is 0 Å². The standard InChI is InChI=1S/C17H30N2O/c1-5-6-9-12-19(14(2)3)13-16(18)15-10-7-8-11-17(15)20-4/h7-8,10-11,14,16H,5-6,9,12-13,18H2,1-4H3. The quantitative estimate of drug-likeness (QED) is 0.701. The molecule has 0 saturated carbocycles. The third-order valence-corrected chi connectivity index (χ3v) is 3.75. The molecule has 0 aliphatic heterocycles. The maximum Gasteiger partial charge on any atom is 0.123 e. The van der Waals surface area contributed by atoms with Crippen molar-refractivity contribution in [2.45, 2.75) is 52.1 Å². The molecular weight excluding hydrogens is 248 g/mol. The van der Waals surface area contributed by atoms with Crippen LogP contribution in [0.1, 0.15) is 51.6 Å². The summed E-state index contributed by atoms with van der Waals surface area (Å²) in [6.07, 6.45) is 3.78. The Morgan fingerprint density at radius 3 is 2.50 bits per heavy atom. The van der Waals surface area contributed by atoms with Crippen LogP contribution in [0.5, 0.6) is 5.75 Å². The summed E-state index contributed by atoms with van der Waals surface area (Å²) in [7, 11) is 1.70. The first-order valence-electron chi connectivity index (χ1n) is 7.72. The Kier molecular flexibility index (Phi) is 7.63. The fourth-order valence-electron chi connectivity index (χ4n) is 2.45. The minimum Gasteiger partial charge on any atom is -0.496 e. The highest BCUT2D eigenvalue weighted by Gasteiger charge is 2.17. The van der Waals surface area contributed by atoms with E-state index in [0.29, 0.717) is 6.04 Å². The first-order chi connectivity index (χ1) is 9.60. The maximum absolute atomic E-state index is 6.39. The summed E-state index contributed by atoms with van der Waals surface area (Å²) < 4.78 is 5.41. The molecule has 1 unspecified atom stereocenters. The molecular formula is C17H30N2O. The van der Waals surface area contributed by atoms with Crippen LogP contribution in [-0.2, 0) is 0 Å². The van der Waals surface area contributed by atoms with Crippen molar-refractivity contribution < 1.29 is 4.74 Å². The second-order valence-corrected chi connectivity index (χ2v) is 5.64. The molecule has 0 bridgehead atoms. The van der Waals surface area contributed by atoms with Gasteiger partial charge in [0.05, 0.1) is 7.11 Å². The zero-order chi connectivity index (χ0) is 15.0. The van der Waals surface area contributed by atoms with Crippen LogP contribution in [0.3, 0.4) is 0 Å². The molecule has 2 N–H and O–H groups in total. The Hall–Kier alpha value is -1.06. The van der Waals surface area contributed by atoms with Gasteiger partial charge in [-0.15, -0.1) is 0 Å². The molecule has 114 valence electrons. The van der Waals surface area contributed by atoms with Crippen molar-refractivity contribution in [1.82, 2.24) is 4.90 Å². The van der Waals surface area contributed by atoms with Crippen molar-refractivity contribution in [3.63, 3.8) is 0 Å². The minimum atomic E-state index is -0.00447. The lowest BCUT2D eigenvalue weighted by molar-refractivity contribution is 0.203. The molecule has 0 spiro atoms. The molecule has 0 amide bonds. The highest BCUT2D eigenvalue weighted by molar-refractivity contribution is 5.35. The second-order valence-electron chi connectivity index (χ2n) is 5.64. The van der Waals surface area contributed by atoms with Gasteiger partial charge < -0.3 is 10.5 Å². The number of hydrogen-bond acceptors (Lipinski definition) is 3. The summed E-state index contributed by atoms with van der Waals surface area (Å²) in [6, 6.07) is 8.56. The molecule has 1 atom stereocenters. The summed E-state index contributed by atoms with van der Waals surface area (Å²) in [5, 5.41) is 0. The molecule has 3 heteroatoms. The number of nitrogens with two attached hydrogens (primary N) is 1. The van der Waals surface area contributed by atoms with Crippen molar-refractivity contribution in [2.24, 2.45) is 5.73 Å². The number of nitrogens with zero attached hydrogens (tertiary/aromatic N) is 1. The number of unbranched alkanes of at least 4 members (excludes halogenated alkanes) is 2. The summed E-state index contributed by atoms with van der Waals surface area (Å²) in [5.41, 5.74) is 7.49. The topological polar surface area (TPSA) is 38.5 Å². The van der Waals surface area contributed by atoms with E-state index < -0.39 is 0 Å². The lowest BCUT2D eigenvalue weighted by atomic mass is 10.0. The van der Waals surface area contributed by atoms with Crippen LogP contribution in [0.15, 0.2) is 24.3 Å². The minimum absolute atomic E-state index is 0.00447. The van der Waals surface area contributed by atoms with E-state index in [1.807, 2.05) is 18.2 Å². The molecule has 0 saturated heterocycles. The fourth-order valence-corrected chi connectivity index (χ4v) is 2.45. The number of hydrogen-bond donors (Lipinski definition) is 1. The van der Waals surface area contributed by atoms with Crippen LogP contribution in [0.4, 0.5) is 0 Å². The zero-order valence-corrected chi connectivity index (χ0v) is 13.4. The van der Waals surface area contributed by atoms with Gasteiger partial charge in [-0.25, -0.2) is 0 Å². The summed E-state index contributed by atoms with van der Waals surface area (Å²) in [6.45, 7) is 8.71. The Morgan fingerprint density at radius 2 is 1.90 bits per heavy atom. The molecule has 1 aromatic rings. The van der Waals surface area contributed by atoms with Gasteiger partial charge in [0.15, 0.2) is 0 Å². The van der Waals surface area contributed by atoms with E-state index in [4.69, 9.17) is 10.5 Å². The van der Waals surface area contributed by atoms with Crippen molar-refractivity contribution in [1.29, 1.82) is 0 Å². The molecule has 0 aliphatic carbocycles. The molecule has 0 heterocycles. The van der Waals surface area contributed by atoms with E-state index in [9.17, 15) is 0 Å². The summed E-state index contributed by atoms with van der Waals surface area (Å²) in [4.78, 5) is 2.47. The van der Waals surface area contributed by atoms with Gasteiger partial charge in [-0.2, -0.15) is 0 Å². The van der Waals surface area contributed by atoms with Gasteiger partial charge in [-0.1, -0.05) is 38.0 Å². The third-order valence-electron chi connectivity index (χ3n) is 3.75. The van der Waals surface area contributed by atoms with E-state index in [1.54, 1.807) is 7.11 Å². The Morgan fingerprint density at radius 1 is 1.20 bits per heavy atom. The van der Waals surface area contributed by atoms with Gasteiger partial charge in [0.2, 0.25) is 0 Å². The van der Waals surface area contributed by atoms with Crippen LogP contribution >= 0.6 is 0 Å². The molecule has 0 aliphatic rings. The third kappa shape index (κ3) is 5.14. The van der Waals surface area contributed by atoms with Gasteiger partial charge in [-0.3, -0.25) is 4.90 Å². The number of methoxy groups -OCH3 is 1. The lowest BCUT2D eigenvalue weighted by Crippen LogP contribution is -2.38. The van der Waals surface area contributed by atoms with Crippen LogP contribution in [0.25, 0.3) is 0 Å². The first kappa shape index (κ1) is 17.0. The molecule has 1 aromatic carbocycles. The van der Waals surface area contributed by atoms with Crippen LogP contribution in [-0.4, -0.2) is 31.1 Å². The second kappa shape index (κ2) is 8.98. The fraction of sp³-hybridized carbons (Fsp3) is 0.647. The maximum atomic E-state index is 6.39. The van der Waals surface area contributed by atoms with E-state index in [2.05, 4.69) is 31.7 Å². The predicted molar refractivity (Wildman–Crippen MR) is 86.2 cm³/mol. The van der Waals surface area contributed by atoms with Gasteiger partial charge in [0.25, 0.3) is 0 Å². The van der Waals surface area contributed by atoms with E-state index in [-0.39, 0.29) is 6.04 Å². The highest BCUT2D eigenvalue weighted by atomic mass is 16.5. The van der Waals surface area contributed by atoms with Crippen molar-refractivity contribution in [3.8, 4) is 5.75 Å². The summed E-state index contributed by atoms with van der Waals surface area (Å²) in [5.74, 6) is 0.886. The van der Waals surface area contributed by atoms with Crippen LogP contribution in [0, 0.1) is 0 Å². The Balaban J connectivity index is 2.67. The van der Waals surface area contributed by atoms with E-state index in [1.165, 1.54) is 19.3 Å². The largest absolute Gasteiger partial charge is 0.496 e. The van der Waals surface area contributed by atoms with Crippen molar-refractivity contribution >= 4 is 0 Å². The van der Waals surface area contributed by atoms with Crippen molar-refractivity contribution in [2.75, 3.05) is 20.2 Å². The highest BCUT2D eigenvalue weighted by Crippen LogP contribution is 2.24. The number of para-hydroxylation sites is 1. The average Bonchev–Trinajstić information content (AvgIpc) is 2.46. The van der Waals surface area contributed by atoms with Crippen LogP contribution in [0.2, 0.25) is 0 Å². The summed E-state index contributed by atoms with van der Waals surface area (Å²) >= 11 is 0. The van der Waals surface area contributed by atoms with Crippen LogP contribution < -0.4 is 10.5 Å². The van der Waals surface area contributed by atoms with Gasteiger partial charge in [-0.05, 0) is 32.9 Å². The molecule has 0 radical (unpaired) electrons. The number of benzene rings is 1. The van der Waals surface area contributed by atoms with E-state index >= 15 is 0 Å². The lowest BCUT2D eigenvalue weighted by Gasteiger charge is -2.29. The Bertz CT molecular complexity index is 379. The van der Waals surface area contributed by atoms with E-state index in [0.717, 1.165) is 24.4 Å². The normalized spacial score (nSPS) is 12.9. The molecule has 1 rings (SSSR count). The van der Waals surface area contributed by atoms with Crippen molar-refractivity contribution in [3.05, 3.63) is 29.8 Å². The molecule has 3 nitrogen and oxygen atoms in total. The van der Waals surface area contributed by atoms with Gasteiger partial charge in [0, 0.05) is 24.2 Å². The predicted octanol–water partition coefficient (Wildman–Crippen LogP) is 3.60. The average molecular weight is 278 g/mol. The number of ether oxygens (including phenoxy) is 1. The Labute approximate surface area is 124 Å². The zero-order valence-electron chi connectivity index (χ0n) is 13.4. The molecule has 0 fully saturated rings. The molecule has 0 aromatic heterocycles. The first-order valence-corrected chi connectivity index (χ1v) is 7.72.